The number of fused-ring (bicyclic) bond motifs is 4. The van der Waals surface area contributed by atoms with Gasteiger partial charge in [-0.2, -0.15) is 0 Å². The van der Waals surface area contributed by atoms with Gasteiger partial charge in [-0.25, -0.2) is 0 Å². The fourth-order valence-corrected chi connectivity index (χ4v) is 6.05. The van der Waals surface area contributed by atoms with Gasteiger partial charge in [0, 0.05) is 33.4 Å². The Morgan fingerprint density at radius 1 is 0.381 bits per heavy atom. The molecule has 0 aliphatic carbocycles. The van der Waals surface area contributed by atoms with E-state index in [1.807, 2.05) is 12.1 Å². The van der Waals surface area contributed by atoms with Crippen LogP contribution in [0.15, 0.2) is 168 Å². The molecule has 2 nitrogen and oxygen atoms in total. The lowest BCUT2D eigenvalue weighted by Crippen LogP contribution is -2.09. The highest BCUT2D eigenvalue weighted by Gasteiger charge is 2.17. The second-order valence-electron chi connectivity index (χ2n) is 10.6. The van der Waals surface area contributed by atoms with Gasteiger partial charge >= 0.3 is 0 Å². The highest BCUT2D eigenvalue weighted by atomic mass is 16.3. The van der Waals surface area contributed by atoms with Crippen LogP contribution in [0.4, 0.5) is 17.1 Å². The van der Waals surface area contributed by atoms with Gasteiger partial charge in [0.25, 0.3) is 0 Å². The Bertz CT molecular complexity index is 2140. The molecule has 0 radical (unpaired) electrons. The molecule has 0 aliphatic rings. The summed E-state index contributed by atoms with van der Waals surface area (Å²) in [6.07, 6.45) is 0. The molecule has 2 heteroatoms. The van der Waals surface area contributed by atoms with Crippen LogP contribution in [0.3, 0.4) is 0 Å². The second-order valence-corrected chi connectivity index (χ2v) is 10.6. The summed E-state index contributed by atoms with van der Waals surface area (Å²) in [6, 6.07) is 57.9. The fraction of sp³-hybridized carbons (Fsp3) is 0. The number of benzene rings is 7. The number of hydrogen-bond donors (Lipinski definition) is 0. The third-order valence-corrected chi connectivity index (χ3v) is 8.05. The van der Waals surface area contributed by atoms with Crippen LogP contribution in [0, 0.1) is 0 Å². The van der Waals surface area contributed by atoms with Gasteiger partial charge in [0.1, 0.15) is 11.2 Å². The number of anilines is 3. The summed E-state index contributed by atoms with van der Waals surface area (Å²) in [5.41, 5.74) is 9.79. The van der Waals surface area contributed by atoms with E-state index in [1.165, 1.54) is 16.3 Å². The largest absolute Gasteiger partial charge is 0.455 e. The third-order valence-electron chi connectivity index (χ3n) is 8.05. The maximum Gasteiger partial charge on any atom is 0.143 e. The lowest BCUT2D eigenvalue weighted by Gasteiger charge is -2.25. The molecule has 0 atom stereocenters. The van der Waals surface area contributed by atoms with Crippen LogP contribution in [0.25, 0.3) is 55.0 Å². The van der Waals surface area contributed by atoms with Crippen molar-refractivity contribution >= 4 is 49.8 Å². The van der Waals surface area contributed by atoms with Crippen molar-refractivity contribution in [2.75, 3.05) is 4.90 Å². The number of rotatable bonds is 5. The van der Waals surface area contributed by atoms with E-state index in [9.17, 15) is 0 Å². The van der Waals surface area contributed by atoms with Crippen LogP contribution in [0.1, 0.15) is 0 Å². The van der Waals surface area contributed by atoms with Gasteiger partial charge in [-0.1, -0.05) is 109 Å². The molecular weight excluding hydrogens is 510 g/mol. The second kappa shape index (κ2) is 10.1. The predicted octanol–water partition coefficient (Wildman–Crippen LogP) is 11.5. The van der Waals surface area contributed by atoms with Gasteiger partial charge in [-0.15, -0.1) is 0 Å². The first-order chi connectivity index (χ1) is 20.8. The van der Waals surface area contributed by atoms with Crippen LogP contribution in [0.5, 0.6) is 0 Å². The molecule has 0 fully saturated rings. The Balaban J connectivity index is 1.31. The minimum atomic E-state index is 0.911. The molecule has 0 unspecified atom stereocenters. The maximum atomic E-state index is 6.48. The maximum absolute atomic E-state index is 6.48. The predicted molar refractivity (Wildman–Crippen MR) is 177 cm³/mol. The smallest absolute Gasteiger partial charge is 0.143 e. The monoisotopic (exact) mass is 537 g/mol. The number of hydrogen-bond acceptors (Lipinski definition) is 2. The third kappa shape index (κ3) is 4.13. The van der Waals surface area contributed by atoms with Gasteiger partial charge in [-0.05, 0) is 82.1 Å². The standard InChI is InChI=1S/C40H27NO/c1-3-14-31(15-4-1)41(32-16-5-2-6-17-32)33-24-22-28(23-25-33)37-26-29-12-7-8-13-30(29)27-38(37)36-20-11-19-35-34-18-9-10-21-39(34)42-40(35)36/h1-27H. The van der Waals surface area contributed by atoms with Crippen LogP contribution >= 0.6 is 0 Å². The van der Waals surface area contributed by atoms with Crippen molar-refractivity contribution < 1.29 is 4.42 Å². The van der Waals surface area contributed by atoms with Crippen molar-refractivity contribution in [2.24, 2.45) is 0 Å². The molecule has 42 heavy (non-hydrogen) atoms. The van der Waals surface area contributed by atoms with E-state index in [0.29, 0.717) is 0 Å². The molecule has 0 bridgehead atoms. The highest BCUT2D eigenvalue weighted by molar-refractivity contribution is 6.11. The van der Waals surface area contributed by atoms with Gasteiger partial charge in [0.15, 0.2) is 0 Å². The zero-order valence-electron chi connectivity index (χ0n) is 22.9. The highest BCUT2D eigenvalue weighted by Crippen LogP contribution is 2.42. The van der Waals surface area contributed by atoms with E-state index in [1.54, 1.807) is 0 Å². The molecular formula is C40H27NO. The van der Waals surface area contributed by atoms with Gasteiger partial charge < -0.3 is 9.32 Å². The summed E-state index contributed by atoms with van der Waals surface area (Å²) < 4.78 is 6.48. The van der Waals surface area contributed by atoms with Gasteiger partial charge in [0.2, 0.25) is 0 Å². The fourth-order valence-electron chi connectivity index (χ4n) is 6.05. The van der Waals surface area contributed by atoms with Crippen molar-refractivity contribution in [1.82, 2.24) is 0 Å². The average Bonchev–Trinajstić information content (AvgIpc) is 3.45. The van der Waals surface area contributed by atoms with E-state index in [-0.39, 0.29) is 0 Å². The quantitative estimate of drug-likeness (QED) is 0.217. The lowest BCUT2D eigenvalue weighted by molar-refractivity contribution is 0.670. The van der Waals surface area contributed by atoms with Crippen molar-refractivity contribution in [3.8, 4) is 22.3 Å². The molecule has 8 aromatic rings. The topological polar surface area (TPSA) is 16.4 Å². The summed E-state index contributed by atoms with van der Waals surface area (Å²) >= 11 is 0. The van der Waals surface area contributed by atoms with E-state index in [4.69, 9.17) is 4.42 Å². The zero-order chi connectivity index (χ0) is 27.9. The first kappa shape index (κ1) is 24.2. The van der Waals surface area contributed by atoms with Crippen LogP contribution in [-0.4, -0.2) is 0 Å². The molecule has 0 spiro atoms. The molecule has 0 saturated carbocycles. The summed E-state index contributed by atoms with van der Waals surface area (Å²) in [7, 11) is 0. The Morgan fingerprint density at radius 2 is 0.929 bits per heavy atom. The Hall–Kier alpha value is -5.60. The van der Waals surface area contributed by atoms with Crippen molar-refractivity contribution in [1.29, 1.82) is 0 Å². The number of furan rings is 1. The molecule has 8 rings (SSSR count). The Labute approximate surface area is 244 Å². The molecule has 1 heterocycles. The van der Waals surface area contributed by atoms with E-state index >= 15 is 0 Å². The number of nitrogens with zero attached hydrogens (tertiary/aromatic N) is 1. The van der Waals surface area contributed by atoms with Crippen LogP contribution < -0.4 is 4.90 Å². The summed E-state index contributed by atoms with van der Waals surface area (Å²) in [5, 5.41) is 4.70. The lowest BCUT2D eigenvalue weighted by atomic mass is 9.90. The van der Waals surface area contributed by atoms with Crippen molar-refractivity contribution in [3.63, 3.8) is 0 Å². The Morgan fingerprint density at radius 3 is 1.62 bits per heavy atom. The van der Waals surface area contributed by atoms with E-state index in [2.05, 4.69) is 157 Å². The average molecular weight is 538 g/mol. The van der Waals surface area contributed by atoms with Crippen LogP contribution in [0.2, 0.25) is 0 Å². The molecule has 0 saturated heterocycles. The minimum Gasteiger partial charge on any atom is -0.455 e. The molecule has 198 valence electrons. The SMILES string of the molecule is c1ccc(N(c2ccccc2)c2ccc(-c3cc4ccccc4cc3-c3cccc4c3oc3ccccc34)cc2)cc1. The van der Waals surface area contributed by atoms with Crippen molar-refractivity contribution in [2.45, 2.75) is 0 Å². The molecule has 0 amide bonds. The molecule has 7 aromatic carbocycles. The van der Waals surface area contributed by atoms with Crippen LogP contribution in [-0.2, 0) is 0 Å². The normalized spacial score (nSPS) is 11.3. The summed E-state index contributed by atoms with van der Waals surface area (Å²) in [5.74, 6) is 0. The molecule has 0 N–H and O–H groups in total. The number of para-hydroxylation sites is 4. The zero-order valence-corrected chi connectivity index (χ0v) is 22.9. The minimum absolute atomic E-state index is 0.911. The van der Waals surface area contributed by atoms with Crippen molar-refractivity contribution in [3.05, 3.63) is 164 Å². The Kier molecular flexibility index (Phi) is 5.82. The molecule has 1 aromatic heterocycles. The first-order valence-electron chi connectivity index (χ1n) is 14.3. The van der Waals surface area contributed by atoms with Gasteiger partial charge in [-0.3, -0.25) is 0 Å². The molecule has 0 aliphatic heterocycles. The van der Waals surface area contributed by atoms with Gasteiger partial charge in [0.05, 0.1) is 0 Å². The summed E-state index contributed by atoms with van der Waals surface area (Å²) in [4.78, 5) is 2.29. The van der Waals surface area contributed by atoms with E-state index in [0.717, 1.165) is 55.7 Å². The summed E-state index contributed by atoms with van der Waals surface area (Å²) in [6.45, 7) is 0. The van der Waals surface area contributed by atoms with E-state index < -0.39 is 0 Å². The first-order valence-corrected chi connectivity index (χ1v) is 14.3.